The van der Waals surface area contributed by atoms with Gasteiger partial charge in [-0.15, -0.1) is 11.8 Å². The van der Waals surface area contributed by atoms with E-state index < -0.39 is 29.8 Å². The number of aromatic amines is 1. The second-order valence-electron chi connectivity index (χ2n) is 12.1. The highest BCUT2D eigenvalue weighted by atomic mass is 79.9. The average molecular weight is 704 g/mol. The summed E-state index contributed by atoms with van der Waals surface area (Å²) in [4.78, 5) is 57.5. The maximum absolute atomic E-state index is 14.0. The zero-order valence-electron chi connectivity index (χ0n) is 23.2. The van der Waals surface area contributed by atoms with Crippen LogP contribution >= 0.6 is 50.6 Å². The van der Waals surface area contributed by atoms with Gasteiger partial charge in [0.15, 0.2) is 0 Å². The number of rotatable bonds is 7. The fraction of sp³-hybridized carbons (Fsp3) is 0.419. The third kappa shape index (κ3) is 4.60. The number of amides is 2. The van der Waals surface area contributed by atoms with Gasteiger partial charge >= 0.3 is 10.8 Å². The number of thioether (sulfide) groups is 1. The molecule has 43 heavy (non-hydrogen) atoms. The topological polar surface area (TPSA) is 117 Å². The van der Waals surface area contributed by atoms with E-state index in [0.29, 0.717) is 23.8 Å². The number of carbonyl (C=O) groups excluding carboxylic acids is 2. The summed E-state index contributed by atoms with van der Waals surface area (Å²) in [5, 5.41) is 11.4. The predicted octanol–water partition coefficient (Wildman–Crippen LogP) is 6.01. The number of halogens is 2. The Hall–Kier alpha value is -2.60. The van der Waals surface area contributed by atoms with Crippen LogP contribution in [0.15, 0.2) is 56.8 Å². The standard InChI is InChI=1S/C31H28BrClN2O6S2/c1-12(2)24(30(38)39)35-28(36)22-17-10-18(23(22)29(35)37)25-21(17)20(26-27(42-25)34-31(40)43-26)16-9-14(32)6-7-19(16)41-11-13-4-3-5-15(33)8-13/h3-9,12,17-18,20-25H,10-11H2,1-2H3,(H,34,40)(H,38,39)/t17?,18?,20-,21?,22?,23?,24?,25?/m1/s1. The number of carboxylic acids is 1. The number of carboxylic acid groups (broad SMARTS) is 1. The Morgan fingerprint density at radius 1 is 1.14 bits per heavy atom. The molecule has 2 aliphatic carbocycles. The van der Waals surface area contributed by atoms with Crippen molar-refractivity contribution in [2.75, 3.05) is 0 Å². The molecule has 7 rings (SSSR count). The minimum atomic E-state index is -1.19. The number of carbonyl (C=O) groups is 3. The molecule has 224 valence electrons. The lowest BCUT2D eigenvalue weighted by Crippen LogP contribution is -2.49. The number of imide groups is 1. The Balaban J connectivity index is 1.30. The maximum Gasteiger partial charge on any atom is 0.327 e. The summed E-state index contributed by atoms with van der Waals surface area (Å²) in [6.07, 6.45) is 0.713. The zero-order valence-corrected chi connectivity index (χ0v) is 27.1. The molecule has 3 aromatic rings. The summed E-state index contributed by atoms with van der Waals surface area (Å²) in [7, 11) is 0. The molecule has 4 aliphatic rings. The average Bonchev–Trinajstić information content (AvgIpc) is 3.68. The van der Waals surface area contributed by atoms with Crippen molar-refractivity contribution in [1.29, 1.82) is 0 Å². The summed E-state index contributed by atoms with van der Waals surface area (Å²) >= 11 is 12.6. The summed E-state index contributed by atoms with van der Waals surface area (Å²) in [6.45, 7) is 3.74. The third-order valence-corrected chi connectivity index (χ3v) is 12.8. The monoisotopic (exact) mass is 702 g/mol. The van der Waals surface area contributed by atoms with Crippen molar-refractivity contribution < 1.29 is 24.2 Å². The second-order valence-corrected chi connectivity index (χ2v) is 15.7. The number of hydrogen-bond acceptors (Lipinski definition) is 7. The number of hydrogen-bond donors (Lipinski definition) is 2. The summed E-state index contributed by atoms with van der Waals surface area (Å²) in [6, 6.07) is 12.1. The lowest BCUT2D eigenvalue weighted by atomic mass is 9.68. The Labute approximate surface area is 269 Å². The summed E-state index contributed by atoms with van der Waals surface area (Å²) in [5.74, 6) is -3.27. The van der Waals surface area contributed by atoms with Gasteiger partial charge in [-0.3, -0.25) is 19.3 Å². The molecule has 2 saturated carbocycles. The molecule has 2 N–H and O–H groups in total. The smallest absolute Gasteiger partial charge is 0.327 e. The number of aromatic nitrogens is 1. The van der Waals surface area contributed by atoms with Gasteiger partial charge in [0.05, 0.1) is 16.9 Å². The fourth-order valence-electron chi connectivity index (χ4n) is 8.04. The van der Waals surface area contributed by atoms with Crippen molar-refractivity contribution in [2.24, 2.45) is 35.5 Å². The van der Waals surface area contributed by atoms with Crippen LogP contribution < -0.4 is 9.61 Å². The van der Waals surface area contributed by atoms with E-state index in [1.165, 1.54) is 11.3 Å². The first-order valence-electron chi connectivity index (χ1n) is 14.2. The minimum Gasteiger partial charge on any atom is -0.489 e. The van der Waals surface area contributed by atoms with E-state index in [-0.39, 0.29) is 45.6 Å². The molecule has 12 heteroatoms. The first-order chi connectivity index (χ1) is 20.5. The highest BCUT2D eigenvalue weighted by Crippen LogP contribution is 2.69. The molecule has 2 amide bonds. The molecule has 8 nitrogen and oxygen atoms in total. The number of aliphatic carboxylic acids is 1. The Kier molecular flexibility index (Phi) is 7.31. The highest BCUT2D eigenvalue weighted by Gasteiger charge is 2.70. The molecule has 2 aliphatic heterocycles. The number of ether oxygens (including phenoxy) is 1. The Morgan fingerprint density at radius 2 is 1.88 bits per heavy atom. The number of benzene rings is 2. The molecule has 3 fully saturated rings. The van der Waals surface area contributed by atoms with Gasteiger partial charge in [-0.25, -0.2) is 4.79 Å². The highest BCUT2D eigenvalue weighted by molar-refractivity contribution is 9.10. The van der Waals surface area contributed by atoms with Gasteiger partial charge in [0.1, 0.15) is 18.4 Å². The molecular weight excluding hydrogens is 676 g/mol. The normalized spacial score (nSPS) is 29.5. The van der Waals surface area contributed by atoms with Crippen molar-refractivity contribution in [1.82, 2.24) is 9.88 Å². The minimum absolute atomic E-state index is 0.0206. The third-order valence-electron chi connectivity index (χ3n) is 9.51. The molecule has 1 aromatic heterocycles. The predicted molar refractivity (Wildman–Crippen MR) is 167 cm³/mol. The Bertz CT molecular complexity index is 1720. The van der Waals surface area contributed by atoms with Crippen LogP contribution in [0, 0.1) is 35.5 Å². The van der Waals surface area contributed by atoms with Crippen LogP contribution in [0.25, 0.3) is 0 Å². The Morgan fingerprint density at radius 3 is 2.58 bits per heavy atom. The van der Waals surface area contributed by atoms with E-state index in [4.69, 9.17) is 16.3 Å². The van der Waals surface area contributed by atoms with Crippen LogP contribution in [0.1, 0.15) is 42.2 Å². The number of nitrogens with zero attached hydrogens (tertiary/aromatic N) is 1. The van der Waals surface area contributed by atoms with E-state index in [2.05, 4.69) is 20.9 Å². The number of fused-ring (bicyclic) bond motifs is 9. The second kappa shape index (κ2) is 10.8. The summed E-state index contributed by atoms with van der Waals surface area (Å²) in [5.41, 5.74) is 1.83. The molecular formula is C31H28BrClN2O6S2. The van der Waals surface area contributed by atoms with Crippen molar-refractivity contribution in [2.45, 2.75) is 49.1 Å². The molecule has 8 atom stereocenters. The van der Waals surface area contributed by atoms with Gasteiger partial charge in [-0.05, 0) is 66.0 Å². The zero-order chi connectivity index (χ0) is 30.3. The number of thiazole rings is 1. The van der Waals surface area contributed by atoms with Gasteiger partial charge < -0.3 is 14.8 Å². The van der Waals surface area contributed by atoms with Crippen LogP contribution in [0.2, 0.25) is 5.02 Å². The van der Waals surface area contributed by atoms with E-state index in [1.807, 2.05) is 42.5 Å². The van der Waals surface area contributed by atoms with Crippen LogP contribution in [0.5, 0.6) is 5.75 Å². The lowest BCUT2D eigenvalue weighted by Gasteiger charge is -2.43. The van der Waals surface area contributed by atoms with E-state index >= 15 is 0 Å². The molecule has 0 radical (unpaired) electrons. The van der Waals surface area contributed by atoms with Crippen LogP contribution in [-0.2, 0) is 21.0 Å². The maximum atomic E-state index is 14.0. The molecule has 3 heterocycles. The van der Waals surface area contributed by atoms with E-state index in [0.717, 1.165) is 30.4 Å². The largest absolute Gasteiger partial charge is 0.489 e. The number of likely N-dealkylation sites (tertiary alicyclic amines) is 1. The molecule has 7 unspecified atom stereocenters. The molecule has 2 bridgehead atoms. The van der Waals surface area contributed by atoms with Crippen LogP contribution in [0.4, 0.5) is 0 Å². The van der Waals surface area contributed by atoms with Crippen molar-refractivity contribution >= 4 is 68.4 Å². The van der Waals surface area contributed by atoms with Crippen molar-refractivity contribution in [3.05, 3.63) is 77.6 Å². The van der Waals surface area contributed by atoms with Crippen LogP contribution in [-0.4, -0.2) is 44.1 Å². The van der Waals surface area contributed by atoms with Gasteiger partial charge in [-0.1, -0.05) is 64.8 Å². The van der Waals surface area contributed by atoms with Crippen molar-refractivity contribution in [3.63, 3.8) is 0 Å². The van der Waals surface area contributed by atoms with E-state index in [9.17, 15) is 24.3 Å². The van der Waals surface area contributed by atoms with Gasteiger partial charge in [0.2, 0.25) is 11.8 Å². The molecule has 2 aromatic carbocycles. The molecule has 0 spiro atoms. The van der Waals surface area contributed by atoms with Gasteiger partial charge in [0, 0.05) is 31.1 Å². The fourth-order valence-corrected chi connectivity index (χ4v) is 11.5. The van der Waals surface area contributed by atoms with Gasteiger partial charge in [0.25, 0.3) is 0 Å². The molecule has 1 saturated heterocycles. The first-order valence-corrected chi connectivity index (χ1v) is 17.1. The number of H-pyrrole nitrogens is 1. The first kappa shape index (κ1) is 29.1. The van der Waals surface area contributed by atoms with E-state index in [1.54, 1.807) is 25.6 Å². The SMILES string of the molecule is CC(C)C(C(=O)O)N1C(=O)C2C3CC(C2C1=O)C1C3Sc2[nH]c(=O)sc2[C@@H]1c1cc(Br)ccc1OCc1cccc(Cl)c1. The summed E-state index contributed by atoms with van der Waals surface area (Å²) < 4.78 is 7.26. The number of nitrogens with one attached hydrogen (secondary N) is 1. The van der Waals surface area contributed by atoms with Crippen LogP contribution in [0.3, 0.4) is 0 Å². The lowest BCUT2D eigenvalue weighted by molar-refractivity contribution is -0.157. The van der Waals surface area contributed by atoms with Crippen molar-refractivity contribution in [3.8, 4) is 5.75 Å². The van der Waals surface area contributed by atoms with Gasteiger partial charge in [-0.2, -0.15) is 0 Å². The quantitative estimate of drug-likeness (QED) is 0.290.